The zero-order valence-electron chi connectivity index (χ0n) is 18.8. The van der Waals surface area contributed by atoms with Gasteiger partial charge in [0.15, 0.2) is 5.43 Å². The molecule has 6 heteroatoms. The number of hydrogen-bond acceptors (Lipinski definition) is 3. The number of benzene rings is 3. The minimum Gasteiger partial charge on any atom is -0.339 e. The second-order valence-corrected chi connectivity index (χ2v) is 9.53. The van der Waals surface area contributed by atoms with E-state index in [0.717, 1.165) is 23.1 Å². The van der Waals surface area contributed by atoms with Crippen molar-refractivity contribution in [1.29, 1.82) is 0 Å². The molecule has 0 spiro atoms. The number of halogens is 1. The number of pyridine rings is 1. The molecular weight excluding hydrogens is 490 g/mol. The molecule has 0 atom stereocenters. The summed E-state index contributed by atoms with van der Waals surface area (Å²) in [4.78, 5) is 29.8. The summed E-state index contributed by atoms with van der Waals surface area (Å²) >= 11 is 3.48. The Morgan fingerprint density at radius 3 is 2.06 bits per heavy atom. The van der Waals surface area contributed by atoms with E-state index in [2.05, 4.69) is 69.4 Å². The molecule has 5 rings (SSSR count). The van der Waals surface area contributed by atoms with Crippen molar-refractivity contribution >= 4 is 32.7 Å². The first kappa shape index (κ1) is 22.6. The first-order valence-electron chi connectivity index (χ1n) is 11.5. The average Bonchev–Trinajstić information content (AvgIpc) is 2.87. The molecule has 2 heterocycles. The Kier molecular flexibility index (Phi) is 6.61. The fraction of sp³-hybridized carbons (Fsp3) is 0.214. The van der Waals surface area contributed by atoms with Crippen LogP contribution in [0.2, 0.25) is 0 Å². The predicted octanol–water partition coefficient (Wildman–Crippen LogP) is 4.70. The van der Waals surface area contributed by atoms with Crippen molar-refractivity contribution in [2.24, 2.45) is 0 Å². The Labute approximate surface area is 207 Å². The summed E-state index contributed by atoms with van der Waals surface area (Å²) in [6.45, 7) is 3.18. The number of amides is 1. The van der Waals surface area contributed by atoms with E-state index in [9.17, 15) is 9.59 Å². The van der Waals surface area contributed by atoms with Crippen LogP contribution in [0.3, 0.4) is 0 Å². The number of fused-ring (bicyclic) bond motifs is 1. The van der Waals surface area contributed by atoms with E-state index < -0.39 is 0 Å². The number of nitrogens with zero attached hydrogens (tertiary/aromatic N) is 3. The van der Waals surface area contributed by atoms with Gasteiger partial charge in [0.1, 0.15) is 6.54 Å². The molecule has 0 unspecified atom stereocenters. The third-order valence-electron chi connectivity index (χ3n) is 6.51. The predicted molar refractivity (Wildman–Crippen MR) is 139 cm³/mol. The van der Waals surface area contributed by atoms with Gasteiger partial charge in [-0.05, 0) is 29.3 Å². The van der Waals surface area contributed by atoms with Gasteiger partial charge in [-0.3, -0.25) is 14.5 Å². The van der Waals surface area contributed by atoms with Gasteiger partial charge >= 0.3 is 0 Å². The van der Waals surface area contributed by atoms with Crippen LogP contribution in [0.15, 0.2) is 100 Å². The molecule has 1 saturated heterocycles. The highest BCUT2D eigenvalue weighted by atomic mass is 79.9. The Balaban J connectivity index is 1.32. The lowest BCUT2D eigenvalue weighted by atomic mass is 9.96. The van der Waals surface area contributed by atoms with Gasteiger partial charge in [0, 0.05) is 48.3 Å². The lowest BCUT2D eigenvalue weighted by Crippen LogP contribution is -2.50. The van der Waals surface area contributed by atoms with E-state index in [4.69, 9.17) is 0 Å². The molecule has 172 valence electrons. The van der Waals surface area contributed by atoms with Crippen LogP contribution in [-0.2, 0) is 11.3 Å². The van der Waals surface area contributed by atoms with Crippen LogP contribution in [0.5, 0.6) is 0 Å². The molecule has 0 aliphatic carbocycles. The average molecular weight is 516 g/mol. The SMILES string of the molecule is O=C(Cn1ccc(=O)c2ccc(Br)cc21)N1CCN(C(c2ccccc2)c2ccccc2)CC1. The zero-order valence-corrected chi connectivity index (χ0v) is 20.4. The molecule has 34 heavy (non-hydrogen) atoms. The molecule has 1 aromatic heterocycles. The highest BCUT2D eigenvalue weighted by Crippen LogP contribution is 2.29. The van der Waals surface area contributed by atoms with Gasteiger partial charge in [0.05, 0.1) is 11.6 Å². The third kappa shape index (κ3) is 4.69. The number of carbonyl (C=O) groups is 1. The monoisotopic (exact) mass is 515 g/mol. The van der Waals surface area contributed by atoms with Crippen LogP contribution < -0.4 is 5.43 Å². The molecule has 1 fully saturated rings. The number of hydrogen-bond donors (Lipinski definition) is 0. The highest BCUT2D eigenvalue weighted by Gasteiger charge is 2.28. The van der Waals surface area contributed by atoms with Gasteiger partial charge < -0.3 is 9.47 Å². The van der Waals surface area contributed by atoms with Gasteiger partial charge in [-0.2, -0.15) is 0 Å². The lowest BCUT2D eigenvalue weighted by Gasteiger charge is -2.40. The summed E-state index contributed by atoms with van der Waals surface area (Å²) < 4.78 is 2.75. The van der Waals surface area contributed by atoms with E-state index >= 15 is 0 Å². The molecule has 3 aromatic carbocycles. The van der Waals surface area contributed by atoms with Crippen LogP contribution in [0.1, 0.15) is 17.2 Å². The Bertz CT molecular complexity index is 1310. The van der Waals surface area contributed by atoms with Gasteiger partial charge in [0.2, 0.25) is 5.91 Å². The lowest BCUT2D eigenvalue weighted by molar-refractivity contribution is -0.133. The van der Waals surface area contributed by atoms with Gasteiger partial charge in [-0.25, -0.2) is 0 Å². The zero-order chi connectivity index (χ0) is 23.5. The molecule has 5 nitrogen and oxygen atoms in total. The number of rotatable bonds is 5. The first-order valence-corrected chi connectivity index (χ1v) is 12.3. The molecule has 0 bridgehead atoms. The molecule has 4 aromatic rings. The fourth-order valence-corrected chi connectivity index (χ4v) is 5.13. The Hall–Kier alpha value is -3.22. The van der Waals surface area contributed by atoms with Crippen LogP contribution in [0.25, 0.3) is 10.9 Å². The molecule has 1 aliphatic rings. The largest absolute Gasteiger partial charge is 0.339 e. The summed E-state index contributed by atoms with van der Waals surface area (Å²) in [5.74, 6) is 0.0700. The molecular formula is C28H26BrN3O2. The van der Waals surface area contributed by atoms with Gasteiger partial charge in [-0.1, -0.05) is 76.6 Å². The van der Waals surface area contributed by atoms with Gasteiger partial charge in [-0.15, -0.1) is 0 Å². The molecule has 1 amide bonds. The number of aromatic nitrogens is 1. The van der Waals surface area contributed by atoms with Crippen LogP contribution in [-0.4, -0.2) is 46.5 Å². The minimum absolute atomic E-state index is 0.0346. The maximum atomic E-state index is 13.2. The van der Waals surface area contributed by atoms with E-state index in [1.54, 1.807) is 12.3 Å². The van der Waals surface area contributed by atoms with E-state index in [-0.39, 0.29) is 23.9 Å². The van der Waals surface area contributed by atoms with Crippen molar-refractivity contribution in [2.75, 3.05) is 26.2 Å². The van der Waals surface area contributed by atoms with Crippen molar-refractivity contribution in [1.82, 2.24) is 14.4 Å². The second-order valence-electron chi connectivity index (χ2n) is 8.61. The van der Waals surface area contributed by atoms with Crippen molar-refractivity contribution in [3.8, 4) is 0 Å². The summed E-state index contributed by atoms with van der Waals surface area (Å²) in [5.41, 5.74) is 3.26. The van der Waals surface area contributed by atoms with Gasteiger partial charge in [0.25, 0.3) is 0 Å². The molecule has 0 N–H and O–H groups in total. The Morgan fingerprint density at radius 1 is 0.824 bits per heavy atom. The fourth-order valence-electron chi connectivity index (χ4n) is 4.78. The van der Waals surface area contributed by atoms with Crippen LogP contribution in [0, 0.1) is 0 Å². The first-order chi connectivity index (χ1) is 16.6. The van der Waals surface area contributed by atoms with Crippen molar-refractivity contribution < 1.29 is 4.79 Å². The molecule has 0 saturated carbocycles. The van der Waals surface area contributed by atoms with Crippen molar-refractivity contribution in [3.05, 3.63) is 117 Å². The highest BCUT2D eigenvalue weighted by molar-refractivity contribution is 9.10. The summed E-state index contributed by atoms with van der Waals surface area (Å²) in [7, 11) is 0. The summed E-state index contributed by atoms with van der Waals surface area (Å²) in [6, 6.07) is 28.4. The van der Waals surface area contributed by atoms with Crippen LogP contribution >= 0.6 is 15.9 Å². The topological polar surface area (TPSA) is 45.6 Å². The normalized spacial score (nSPS) is 14.6. The second kappa shape index (κ2) is 9.95. The quantitative estimate of drug-likeness (QED) is 0.387. The van der Waals surface area contributed by atoms with Crippen LogP contribution in [0.4, 0.5) is 0 Å². The van der Waals surface area contributed by atoms with Crippen molar-refractivity contribution in [2.45, 2.75) is 12.6 Å². The Morgan fingerprint density at radius 2 is 1.44 bits per heavy atom. The standard InChI is InChI=1S/C28H26BrN3O2/c29-23-11-12-24-25(19-23)32(14-13-26(24)33)20-27(34)30-15-17-31(18-16-30)28(21-7-3-1-4-8-21)22-9-5-2-6-10-22/h1-14,19,28H,15-18,20H2. The smallest absolute Gasteiger partial charge is 0.242 e. The van der Waals surface area contributed by atoms with Crippen molar-refractivity contribution in [3.63, 3.8) is 0 Å². The maximum absolute atomic E-state index is 13.2. The molecule has 1 aliphatic heterocycles. The third-order valence-corrected chi connectivity index (χ3v) is 7.00. The summed E-state index contributed by atoms with van der Waals surface area (Å²) in [5, 5.41) is 0.622. The number of carbonyl (C=O) groups excluding carboxylic acids is 1. The van der Waals surface area contributed by atoms with E-state index in [1.165, 1.54) is 17.2 Å². The minimum atomic E-state index is -0.0346. The maximum Gasteiger partial charge on any atom is 0.242 e. The van der Waals surface area contributed by atoms with E-state index in [0.29, 0.717) is 18.5 Å². The summed E-state index contributed by atoms with van der Waals surface area (Å²) in [6.07, 6.45) is 1.71. The van der Waals surface area contributed by atoms with E-state index in [1.807, 2.05) is 33.7 Å². The molecule has 0 radical (unpaired) electrons. The number of piperazine rings is 1.